The third kappa shape index (κ3) is 2.35. The molecule has 0 N–H and O–H groups in total. The first-order chi connectivity index (χ1) is 11.0. The fourth-order valence-corrected chi connectivity index (χ4v) is 5.73. The van der Waals surface area contributed by atoms with Gasteiger partial charge in [-0.1, -0.05) is 12.1 Å². The molecule has 2 aromatic rings. The molecular weight excluding hydrogens is 332 g/mol. The molecule has 0 radical (unpaired) electrons. The zero-order valence-corrected chi connectivity index (χ0v) is 14.2. The molecule has 4 rings (SSSR count). The van der Waals surface area contributed by atoms with Crippen LogP contribution >= 0.6 is 11.3 Å². The maximum atomic E-state index is 13.0. The van der Waals surface area contributed by atoms with Crippen LogP contribution in [0.25, 0.3) is 0 Å². The number of carbonyl (C=O) groups is 1. The summed E-state index contributed by atoms with van der Waals surface area (Å²) < 4.78 is 27.5. The Morgan fingerprint density at radius 1 is 1.09 bits per heavy atom. The van der Waals surface area contributed by atoms with Crippen LogP contribution in [0.4, 0.5) is 11.4 Å². The third-order valence-electron chi connectivity index (χ3n) is 4.13. The molecule has 5 nitrogen and oxygen atoms in total. The van der Waals surface area contributed by atoms with Crippen LogP contribution in [0.1, 0.15) is 17.7 Å². The predicted octanol–water partition coefficient (Wildman–Crippen LogP) is 2.76. The molecule has 7 heteroatoms. The maximum absolute atomic E-state index is 13.0. The number of nitrogens with zero attached hydrogens (tertiary/aromatic N) is 2. The summed E-state index contributed by atoms with van der Waals surface area (Å²) in [6.07, 6.45) is 1.97. The summed E-state index contributed by atoms with van der Waals surface area (Å²) in [5.74, 6) is -0.150. The van der Waals surface area contributed by atoms with E-state index in [0.717, 1.165) is 17.7 Å². The Morgan fingerprint density at radius 2 is 1.78 bits per heavy atom. The first-order valence-corrected chi connectivity index (χ1v) is 9.74. The van der Waals surface area contributed by atoms with Crippen LogP contribution in [-0.2, 0) is 14.8 Å². The van der Waals surface area contributed by atoms with Gasteiger partial charge in [0, 0.05) is 10.9 Å². The lowest BCUT2D eigenvalue weighted by Crippen LogP contribution is -2.48. The van der Waals surface area contributed by atoms with Gasteiger partial charge in [-0.05, 0) is 44.0 Å². The minimum atomic E-state index is -3.71. The van der Waals surface area contributed by atoms with Crippen molar-refractivity contribution in [1.82, 2.24) is 0 Å². The first kappa shape index (κ1) is 14.7. The molecule has 1 aromatic heterocycles. The monoisotopic (exact) mass is 348 g/mol. The smallest absolute Gasteiger partial charge is 0.274 e. The van der Waals surface area contributed by atoms with Crippen LogP contribution in [0.2, 0.25) is 0 Å². The summed E-state index contributed by atoms with van der Waals surface area (Å²) in [5.41, 5.74) is 1.29. The van der Waals surface area contributed by atoms with E-state index in [4.69, 9.17) is 0 Å². The van der Waals surface area contributed by atoms with E-state index in [1.54, 1.807) is 23.1 Å². The van der Waals surface area contributed by atoms with Crippen molar-refractivity contribution in [3.05, 3.63) is 41.3 Å². The fourth-order valence-electron chi connectivity index (χ4n) is 2.90. The lowest BCUT2D eigenvalue weighted by Gasteiger charge is -2.36. The lowest BCUT2D eigenvalue weighted by molar-refractivity contribution is -0.117. The molecule has 120 valence electrons. The molecule has 0 atom stereocenters. The number of sulfonamides is 1. The molecule has 2 heterocycles. The van der Waals surface area contributed by atoms with Crippen LogP contribution in [-0.4, -0.2) is 26.9 Å². The number of rotatable bonds is 3. The molecule has 1 aliphatic heterocycles. The van der Waals surface area contributed by atoms with Gasteiger partial charge >= 0.3 is 0 Å². The number of benzene rings is 1. The summed E-state index contributed by atoms with van der Waals surface area (Å²) in [6, 6.07) is 10.9. The average Bonchev–Trinajstić information content (AvgIpc) is 3.26. The van der Waals surface area contributed by atoms with E-state index >= 15 is 0 Å². The molecule has 1 aliphatic carbocycles. The molecule has 1 fully saturated rings. The van der Waals surface area contributed by atoms with E-state index in [9.17, 15) is 13.2 Å². The second kappa shape index (κ2) is 5.07. The molecule has 0 unspecified atom stereocenters. The number of amides is 1. The molecule has 1 saturated carbocycles. The Labute approximate surface area is 139 Å². The Kier molecular flexibility index (Phi) is 3.24. The SMILES string of the molecule is Cc1ccc(S(=O)(=O)N2CC(=O)N(C3CC3)c3ccccc32)s1. The Morgan fingerprint density at radius 3 is 2.39 bits per heavy atom. The highest BCUT2D eigenvalue weighted by Crippen LogP contribution is 2.42. The molecule has 1 amide bonds. The van der Waals surface area contributed by atoms with E-state index in [1.807, 2.05) is 25.1 Å². The number of carbonyl (C=O) groups excluding carboxylic acids is 1. The first-order valence-electron chi connectivity index (χ1n) is 7.49. The lowest BCUT2D eigenvalue weighted by atomic mass is 10.2. The zero-order chi connectivity index (χ0) is 16.2. The zero-order valence-electron chi connectivity index (χ0n) is 12.6. The largest absolute Gasteiger partial charge is 0.306 e. The molecule has 0 spiro atoms. The predicted molar refractivity (Wildman–Crippen MR) is 90.5 cm³/mol. The third-order valence-corrected chi connectivity index (χ3v) is 7.36. The van der Waals surface area contributed by atoms with E-state index in [-0.39, 0.29) is 22.7 Å². The standard InChI is InChI=1S/C16H16N2O3S2/c1-11-6-9-16(22-11)23(20,21)17-10-15(19)18(12-7-8-12)14-5-3-2-4-13(14)17/h2-6,9,12H,7-8,10H2,1H3. The number of hydrogen-bond donors (Lipinski definition) is 0. The van der Waals surface area contributed by atoms with Crippen molar-refractivity contribution in [3.8, 4) is 0 Å². The van der Waals surface area contributed by atoms with Crippen molar-refractivity contribution in [1.29, 1.82) is 0 Å². The number of aryl methyl sites for hydroxylation is 1. The van der Waals surface area contributed by atoms with Gasteiger partial charge in [0.05, 0.1) is 11.4 Å². The molecule has 0 saturated heterocycles. The Bertz CT molecular complexity index is 884. The van der Waals surface area contributed by atoms with Crippen LogP contribution < -0.4 is 9.21 Å². The minimum Gasteiger partial charge on any atom is -0.306 e. The average molecular weight is 348 g/mol. The van der Waals surface area contributed by atoms with Gasteiger partial charge in [-0.15, -0.1) is 11.3 Å². The highest BCUT2D eigenvalue weighted by molar-refractivity contribution is 7.94. The second-order valence-corrected chi connectivity index (χ2v) is 9.24. The topological polar surface area (TPSA) is 57.7 Å². The van der Waals surface area contributed by atoms with Crippen LogP contribution in [0, 0.1) is 6.92 Å². The van der Waals surface area contributed by atoms with Crippen molar-refractivity contribution in [3.63, 3.8) is 0 Å². The van der Waals surface area contributed by atoms with Gasteiger partial charge in [-0.3, -0.25) is 9.10 Å². The number of anilines is 2. The van der Waals surface area contributed by atoms with E-state index in [1.165, 1.54) is 15.6 Å². The Balaban J connectivity index is 1.83. The quantitative estimate of drug-likeness (QED) is 0.857. The van der Waals surface area contributed by atoms with Crippen molar-refractivity contribution in [2.24, 2.45) is 0 Å². The number of para-hydroxylation sites is 2. The summed E-state index contributed by atoms with van der Waals surface area (Å²) >= 11 is 1.23. The molecule has 2 aliphatic rings. The van der Waals surface area contributed by atoms with Crippen LogP contribution in [0.15, 0.2) is 40.6 Å². The van der Waals surface area contributed by atoms with Crippen LogP contribution in [0.5, 0.6) is 0 Å². The minimum absolute atomic E-state index is 0.132. The summed E-state index contributed by atoms with van der Waals surface area (Å²) in [4.78, 5) is 15.3. The van der Waals surface area contributed by atoms with Crippen molar-refractivity contribution >= 4 is 38.6 Å². The molecule has 0 bridgehead atoms. The summed E-state index contributed by atoms with van der Waals surface area (Å²) in [7, 11) is -3.71. The number of hydrogen-bond acceptors (Lipinski definition) is 4. The molecule has 1 aromatic carbocycles. The Hall–Kier alpha value is -1.86. The fraction of sp³-hybridized carbons (Fsp3) is 0.312. The van der Waals surface area contributed by atoms with Gasteiger partial charge in [0.15, 0.2) is 0 Å². The molecule has 23 heavy (non-hydrogen) atoms. The van der Waals surface area contributed by atoms with Crippen LogP contribution in [0.3, 0.4) is 0 Å². The summed E-state index contributed by atoms with van der Waals surface area (Å²) in [5, 5.41) is 0. The van der Waals surface area contributed by atoms with Gasteiger partial charge in [-0.25, -0.2) is 8.42 Å². The summed E-state index contributed by atoms with van der Waals surface area (Å²) in [6.45, 7) is 1.74. The van der Waals surface area contributed by atoms with Crippen molar-refractivity contribution < 1.29 is 13.2 Å². The highest BCUT2D eigenvalue weighted by Gasteiger charge is 2.42. The van der Waals surface area contributed by atoms with Gasteiger partial charge < -0.3 is 4.90 Å². The highest BCUT2D eigenvalue weighted by atomic mass is 32.2. The molecular formula is C16H16N2O3S2. The van der Waals surface area contributed by atoms with Crippen molar-refractivity contribution in [2.75, 3.05) is 15.7 Å². The normalized spacial score (nSPS) is 18.2. The number of fused-ring (bicyclic) bond motifs is 1. The second-order valence-electron chi connectivity index (χ2n) is 5.86. The van der Waals surface area contributed by atoms with E-state index < -0.39 is 10.0 Å². The van der Waals surface area contributed by atoms with Gasteiger partial charge in [0.25, 0.3) is 10.0 Å². The maximum Gasteiger partial charge on any atom is 0.274 e. The number of thiophene rings is 1. The van der Waals surface area contributed by atoms with Gasteiger partial charge in [-0.2, -0.15) is 0 Å². The van der Waals surface area contributed by atoms with E-state index in [0.29, 0.717) is 11.4 Å². The van der Waals surface area contributed by atoms with E-state index in [2.05, 4.69) is 0 Å². The van der Waals surface area contributed by atoms with Gasteiger partial charge in [0.1, 0.15) is 10.8 Å². The van der Waals surface area contributed by atoms with Gasteiger partial charge in [0.2, 0.25) is 5.91 Å². The van der Waals surface area contributed by atoms with Crippen molar-refractivity contribution in [2.45, 2.75) is 30.0 Å².